The van der Waals surface area contributed by atoms with Crippen molar-refractivity contribution in [3.63, 3.8) is 0 Å². The van der Waals surface area contributed by atoms with Gasteiger partial charge in [-0.1, -0.05) is 30.3 Å². The van der Waals surface area contributed by atoms with Gasteiger partial charge in [0.2, 0.25) is 0 Å². The van der Waals surface area contributed by atoms with Gasteiger partial charge in [-0.3, -0.25) is 9.97 Å². The van der Waals surface area contributed by atoms with E-state index in [9.17, 15) is 13.2 Å². The summed E-state index contributed by atoms with van der Waals surface area (Å²) in [4.78, 5) is 19.3. The molecule has 0 saturated carbocycles. The molecule has 3 heterocycles. The molecule has 4 rings (SSSR count). The fourth-order valence-corrected chi connectivity index (χ4v) is 3.20. The van der Waals surface area contributed by atoms with Gasteiger partial charge in [0.25, 0.3) is 0 Å². The predicted molar refractivity (Wildman–Crippen MR) is 88.8 cm³/mol. The van der Waals surface area contributed by atoms with Crippen LogP contribution in [0.25, 0.3) is 16.1 Å². The molecular formula is C17H12AgN3O3S. The number of pyridine rings is 2. The van der Waals surface area contributed by atoms with Crippen LogP contribution in [0.1, 0.15) is 10.4 Å². The molecule has 130 valence electrons. The van der Waals surface area contributed by atoms with E-state index in [-0.39, 0.29) is 32.8 Å². The monoisotopic (exact) mass is 445 g/mol. The van der Waals surface area contributed by atoms with Gasteiger partial charge in [-0.15, -0.1) is 0 Å². The summed E-state index contributed by atoms with van der Waals surface area (Å²) in [5, 5.41) is 0. The molecule has 0 spiro atoms. The van der Waals surface area contributed by atoms with Crippen LogP contribution < -0.4 is 0 Å². The van der Waals surface area contributed by atoms with E-state index in [4.69, 9.17) is 0 Å². The normalized spacial score (nSPS) is 13.5. The Morgan fingerprint density at radius 1 is 0.760 bits per heavy atom. The van der Waals surface area contributed by atoms with E-state index < -0.39 is 15.9 Å². The number of carbonyl (C=O) groups excluding carboxylic acids is 1. The van der Waals surface area contributed by atoms with Crippen LogP contribution in [0.2, 0.25) is 0 Å². The van der Waals surface area contributed by atoms with Gasteiger partial charge in [0.1, 0.15) is 10.0 Å². The first kappa shape index (κ1) is 19.0. The predicted octanol–water partition coefficient (Wildman–Crippen LogP) is 3.04. The molecule has 1 aliphatic heterocycles. The second-order valence-electron chi connectivity index (χ2n) is 4.80. The zero-order valence-electron chi connectivity index (χ0n) is 12.7. The van der Waals surface area contributed by atoms with Crippen LogP contribution in [0, 0.1) is 0 Å². The molecule has 3 aromatic rings. The van der Waals surface area contributed by atoms with Crippen LogP contribution in [-0.4, -0.2) is 24.3 Å². The van der Waals surface area contributed by atoms with Crippen molar-refractivity contribution in [2.75, 3.05) is 0 Å². The first-order chi connectivity index (χ1) is 11.6. The minimum Gasteiger partial charge on any atom is -0.537 e. The Bertz CT molecular complexity index is 927. The van der Waals surface area contributed by atoms with E-state index in [1.807, 2.05) is 36.4 Å². The molecule has 2 aromatic heterocycles. The number of amides is 1. The van der Waals surface area contributed by atoms with Gasteiger partial charge in [-0.05, 0) is 30.3 Å². The summed E-state index contributed by atoms with van der Waals surface area (Å²) < 4.78 is 25.2. The van der Waals surface area contributed by atoms with Crippen LogP contribution in [-0.2, 0) is 32.4 Å². The second-order valence-corrected chi connectivity index (χ2v) is 6.37. The number of nitrogens with zero attached hydrogens (tertiary/aromatic N) is 3. The van der Waals surface area contributed by atoms with Crippen molar-refractivity contribution in [3.05, 3.63) is 83.3 Å². The molecule has 0 saturated heterocycles. The van der Waals surface area contributed by atoms with Crippen LogP contribution in [0.4, 0.5) is 0 Å². The number of aromatic nitrogens is 2. The third-order valence-corrected chi connectivity index (χ3v) is 4.51. The van der Waals surface area contributed by atoms with E-state index in [2.05, 4.69) is 14.7 Å². The van der Waals surface area contributed by atoms with Crippen molar-refractivity contribution >= 4 is 15.9 Å². The smallest absolute Gasteiger partial charge is 0.537 e. The molecule has 0 bridgehead atoms. The maximum Gasteiger partial charge on any atom is 1.00 e. The van der Waals surface area contributed by atoms with Crippen LogP contribution in [0.15, 0.2) is 78.0 Å². The zero-order chi connectivity index (χ0) is 17.0. The Balaban J connectivity index is 0.000000173. The molecule has 1 aliphatic rings. The molecule has 0 N–H and O–H groups in total. The van der Waals surface area contributed by atoms with Gasteiger partial charge >= 0.3 is 22.4 Å². The zero-order valence-corrected chi connectivity index (χ0v) is 15.0. The summed E-state index contributed by atoms with van der Waals surface area (Å²) in [6.45, 7) is 0. The Hall–Kier alpha value is -2.32. The van der Waals surface area contributed by atoms with Crippen molar-refractivity contribution in [2.24, 2.45) is 0 Å². The number of carbonyl (C=O) groups is 1. The molecule has 0 fully saturated rings. The molecule has 8 heteroatoms. The maximum atomic E-state index is 11.1. The number of benzene rings is 1. The van der Waals surface area contributed by atoms with Gasteiger partial charge in [-0.2, -0.15) is 0 Å². The second kappa shape index (κ2) is 8.17. The number of hydrogen-bond acceptors (Lipinski definition) is 5. The van der Waals surface area contributed by atoms with Gasteiger partial charge in [0, 0.05) is 18.0 Å². The summed E-state index contributed by atoms with van der Waals surface area (Å²) >= 11 is 0. The first-order valence-electron chi connectivity index (χ1n) is 7.02. The number of rotatable bonds is 1. The Labute approximate surface area is 160 Å². The van der Waals surface area contributed by atoms with E-state index >= 15 is 0 Å². The van der Waals surface area contributed by atoms with Crippen LogP contribution in [0.3, 0.4) is 0 Å². The van der Waals surface area contributed by atoms with Crippen molar-refractivity contribution in [2.45, 2.75) is 4.90 Å². The van der Waals surface area contributed by atoms with Gasteiger partial charge in [-0.25, -0.2) is 8.42 Å². The molecule has 1 aromatic carbocycles. The molecule has 0 atom stereocenters. The molecular weight excluding hydrogens is 434 g/mol. The van der Waals surface area contributed by atoms with Crippen molar-refractivity contribution < 1.29 is 35.6 Å². The summed E-state index contributed by atoms with van der Waals surface area (Å²) in [6, 6.07) is 17.6. The average Bonchev–Trinajstić information content (AvgIpc) is 2.87. The topological polar surface area (TPSA) is 91.1 Å². The largest absolute Gasteiger partial charge is 1.00 e. The molecule has 1 amide bonds. The molecule has 0 aliphatic carbocycles. The fourth-order valence-electron chi connectivity index (χ4n) is 2.10. The van der Waals surface area contributed by atoms with E-state index in [1.165, 1.54) is 12.1 Å². The first-order valence-corrected chi connectivity index (χ1v) is 8.46. The van der Waals surface area contributed by atoms with Gasteiger partial charge < -0.3 is 9.52 Å². The Kier molecular flexibility index (Phi) is 6.22. The maximum absolute atomic E-state index is 11.1. The quantitative estimate of drug-likeness (QED) is 0.536. The van der Waals surface area contributed by atoms with E-state index in [0.29, 0.717) is 0 Å². The Morgan fingerprint density at radius 3 is 1.76 bits per heavy atom. The van der Waals surface area contributed by atoms with Crippen molar-refractivity contribution in [1.29, 1.82) is 0 Å². The number of sulfonamides is 1. The molecule has 0 unspecified atom stereocenters. The van der Waals surface area contributed by atoms with Gasteiger partial charge in [0.05, 0.1) is 22.2 Å². The minimum absolute atomic E-state index is 0. The van der Waals surface area contributed by atoms with E-state index in [0.717, 1.165) is 11.4 Å². The summed E-state index contributed by atoms with van der Waals surface area (Å²) in [7, 11) is -3.68. The number of fused-ring (bicyclic) bond motifs is 1. The van der Waals surface area contributed by atoms with Crippen molar-refractivity contribution in [1.82, 2.24) is 9.97 Å². The van der Waals surface area contributed by atoms with Crippen LogP contribution >= 0.6 is 0 Å². The summed E-state index contributed by atoms with van der Waals surface area (Å²) in [6.07, 6.45) is 3.54. The molecule has 25 heavy (non-hydrogen) atoms. The summed E-state index contributed by atoms with van der Waals surface area (Å²) in [5.74, 6) is -0.675. The van der Waals surface area contributed by atoms with Crippen LogP contribution in [0.5, 0.6) is 0 Å². The molecule has 0 radical (unpaired) electrons. The van der Waals surface area contributed by atoms with E-state index in [1.54, 1.807) is 24.5 Å². The SMILES string of the molecule is O=C1[N-]S(=O)(=O)c2ccccc21.[Ag+].c1ccc(-c2ccccn2)nc1. The Morgan fingerprint density at radius 2 is 1.28 bits per heavy atom. The minimum atomic E-state index is -3.68. The third-order valence-electron chi connectivity index (χ3n) is 3.19. The third kappa shape index (κ3) is 4.40. The summed E-state index contributed by atoms with van der Waals surface area (Å²) in [5.41, 5.74) is 1.99. The standard InChI is InChI=1S/C10H8N2.C7H5NO3S.Ag/c1-3-7-11-9(5-1)10-6-2-4-8-12-10;9-7-5-3-1-2-4-6(5)12(10,11)8-7;/h1-8H;1-4H,(H,8,9);/q;;+1/p-1. The fraction of sp³-hybridized carbons (Fsp3) is 0. The average molecular weight is 446 g/mol. The van der Waals surface area contributed by atoms with Gasteiger partial charge in [0.15, 0.2) is 0 Å². The molecule has 6 nitrogen and oxygen atoms in total. The number of hydrogen-bond donors (Lipinski definition) is 0. The van der Waals surface area contributed by atoms with Crippen molar-refractivity contribution in [3.8, 4) is 11.4 Å².